The molecule has 0 heterocycles. The second-order valence-electron chi connectivity index (χ2n) is 5.58. The predicted octanol–water partition coefficient (Wildman–Crippen LogP) is 2.88. The molecule has 2 aromatic carbocycles. The molecule has 0 saturated heterocycles. The molecule has 26 heavy (non-hydrogen) atoms. The number of hydrogen-bond acceptors (Lipinski definition) is 4. The molecule has 0 aromatic heterocycles. The van der Waals surface area contributed by atoms with Gasteiger partial charge in [0.1, 0.15) is 5.82 Å². The topological polar surface area (TPSA) is 78.8 Å². The number of hydrazone groups is 1. The molecule has 0 aliphatic carbocycles. The fraction of sp³-hybridized carbons (Fsp3) is 0.176. The zero-order chi connectivity index (χ0) is 19.5. The van der Waals surface area contributed by atoms with Crippen LogP contribution in [0.2, 0.25) is 5.02 Å². The van der Waals surface area contributed by atoms with E-state index in [2.05, 4.69) is 10.5 Å². The maximum atomic E-state index is 13.1. The van der Waals surface area contributed by atoms with Crippen molar-refractivity contribution < 1.29 is 17.6 Å². The first-order valence-electron chi connectivity index (χ1n) is 7.45. The molecule has 2 rings (SSSR count). The van der Waals surface area contributed by atoms with Crippen molar-refractivity contribution in [1.82, 2.24) is 9.73 Å². The molecule has 0 aliphatic heterocycles. The molecule has 0 aliphatic rings. The van der Waals surface area contributed by atoms with Gasteiger partial charge >= 0.3 is 0 Å². The number of rotatable bonds is 5. The quantitative estimate of drug-likeness (QED) is 0.622. The van der Waals surface area contributed by atoms with Gasteiger partial charge in [-0.3, -0.25) is 4.79 Å². The van der Waals surface area contributed by atoms with E-state index >= 15 is 0 Å². The van der Waals surface area contributed by atoms with Crippen LogP contribution in [0.5, 0.6) is 0 Å². The number of amides is 1. The van der Waals surface area contributed by atoms with E-state index in [0.29, 0.717) is 11.3 Å². The smallest absolute Gasteiger partial charge is 0.267 e. The summed E-state index contributed by atoms with van der Waals surface area (Å²) < 4.78 is 38.4. The van der Waals surface area contributed by atoms with Crippen molar-refractivity contribution in [3.05, 3.63) is 64.4 Å². The minimum atomic E-state index is -3.65. The van der Waals surface area contributed by atoms with E-state index < -0.39 is 21.7 Å². The zero-order valence-electron chi connectivity index (χ0n) is 14.3. The molecule has 0 atom stereocenters. The lowest BCUT2D eigenvalue weighted by molar-refractivity contribution is 0.0954. The average Bonchev–Trinajstić information content (AvgIpc) is 2.59. The number of nitrogens with one attached hydrogen (secondary N) is 1. The highest BCUT2D eigenvalue weighted by Gasteiger charge is 2.18. The first-order valence-corrected chi connectivity index (χ1v) is 9.27. The Morgan fingerprint density at radius 1 is 1.19 bits per heavy atom. The van der Waals surface area contributed by atoms with Crippen LogP contribution in [0, 0.1) is 5.82 Å². The lowest BCUT2D eigenvalue weighted by Crippen LogP contribution is -2.23. The van der Waals surface area contributed by atoms with Gasteiger partial charge in [0.25, 0.3) is 5.91 Å². The Morgan fingerprint density at radius 3 is 2.50 bits per heavy atom. The third-order valence-electron chi connectivity index (χ3n) is 3.52. The fourth-order valence-corrected chi connectivity index (χ4v) is 3.30. The van der Waals surface area contributed by atoms with Crippen LogP contribution in [-0.2, 0) is 10.0 Å². The highest BCUT2D eigenvalue weighted by atomic mass is 35.5. The van der Waals surface area contributed by atoms with Crippen molar-refractivity contribution in [3.8, 4) is 0 Å². The molecule has 1 amide bonds. The molecule has 0 spiro atoms. The van der Waals surface area contributed by atoms with E-state index in [9.17, 15) is 17.6 Å². The Balaban J connectivity index is 2.23. The van der Waals surface area contributed by atoms with Crippen molar-refractivity contribution in [2.24, 2.45) is 5.10 Å². The summed E-state index contributed by atoms with van der Waals surface area (Å²) in [4.78, 5) is 12.2. The van der Waals surface area contributed by atoms with Crippen LogP contribution in [0.25, 0.3) is 0 Å². The number of hydrogen-bond donors (Lipinski definition) is 1. The number of halogens is 2. The number of carbonyl (C=O) groups excluding carboxylic acids is 1. The van der Waals surface area contributed by atoms with Gasteiger partial charge in [-0.25, -0.2) is 22.5 Å². The lowest BCUT2D eigenvalue weighted by atomic mass is 10.1. The maximum absolute atomic E-state index is 13.1. The largest absolute Gasteiger partial charge is 0.271 e. The number of sulfonamides is 1. The lowest BCUT2D eigenvalue weighted by Gasteiger charge is -2.12. The maximum Gasteiger partial charge on any atom is 0.271 e. The molecule has 0 fully saturated rings. The van der Waals surface area contributed by atoms with Gasteiger partial charge < -0.3 is 0 Å². The zero-order valence-corrected chi connectivity index (χ0v) is 15.9. The number of nitrogens with zero attached hydrogens (tertiary/aromatic N) is 2. The van der Waals surface area contributed by atoms with Crippen molar-refractivity contribution in [2.45, 2.75) is 11.8 Å². The van der Waals surface area contributed by atoms with Crippen molar-refractivity contribution in [3.63, 3.8) is 0 Å². The summed E-state index contributed by atoms with van der Waals surface area (Å²) in [7, 11) is -0.842. The van der Waals surface area contributed by atoms with E-state index in [1.54, 1.807) is 6.92 Å². The van der Waals surface area contributed by atoms with Crippen LogP contribution in [-0.4, -0.2) is 38.4 Å². The summed E-state index contributed by atoms with van der Waals surface area (Å²) >= 11 is 5.95. The van der Waals surface area contributed by atoms with E-state index in [1.165, 1.54) is 50.5 Å². The van der Waals surface area contributed by atoms with Crippen LogP contribution in [0.4, 0.5) is 4.39 Å². The van der Waals surface area contributed by atoms with Gasteiger partial charge in [0.05, 0.1) is 15.6 Å². The molecule has 0 radical (unpaired) electrons. The summed E-state index contributed by atoms with van der Waals surface area (Å²) in [5.74, 6) is -1.06. The van der Waals surface area contributed by atoms with Crippen LogP contribution in [0.15, 0.2) is 52.5 Å². The SMILES string of the molecule is C/C(=N/NC(=O)c1cccc(S(=O)(=O)N(C)C)c1)c1ccc(F)cc1Cl. The Hall–Kier alpha value is -2.29. The third kappa shape index (κ3) is 4.46. The molecular weight excluding hydrogens is 381 g/mol. The van der Waals surface area contributed by atoms with Crippen LogP contribution < -0.4 is 5.43 Å². The number of benzene rings is 2. The van der Waals surface area contributed by atoms with E-state index in [1.807, 2.05) is 0 Å². The summed E-state index contributed by atoms with van der Waals surface area (Å²) in [6.07, 6.45) is 0. The van der Waals surface area contributed by atoms with Gasteiger partial charge in [0.15, 0.2) is 0 Å². The highest BCUT2D eigenvalue weighted by molar-refractivity contribution is 7.89. The summed E-state index contributed by atoms with van der Waals surface area (Å²) in [6.45, 7) is 1.60. The second-order valence-corrected chi connectivity index (χ2v) is 8.14. The van der Waals surface area contributed by atoms with E-state index in [4.69, 9.17) is 11.6 Å². The minimum Gasteiger partial charge on any atom is -0.267 e. The minimum absolute atomic E-state index is 0.00238. The number of carbonyl (C=O) groups is 1. The molecule has 0 unspecified atom stereocenters. The normalized spacial score (nSPS) is 12.3. The van der Waals surface area contributed by atoms with Gasteiger partial charge in [0, 0.05) is 25.2 Å². The Bertz CT molecular complexity index is 975. The first kappa shape index (κ1) is 20.0. The average molecular weight is 398 g/mol. The monoisotopic (exact) mass is 397 g/mol. The Labute approximate surface area is 156 Å². The molecule has 0 bridgehead atoms. The molecule has 0 saturated carbocycles. The van der Waals surface area contributed by atoms with Crippen molar-refractivity contribution >= 4 is 33.2 Å². The standard InChI is InChI=1S/C17H17ClFN3O3S/c1-11(15-8-7-13(19)10-16(15)18)20-21-17(23)12-5-4-6-14(9-12)26(24,25)22(2)3/h4-10H,1-3H3,(H,21,23)/b20-11-. The van der Waals surface area contributed by atoms with Crippen molar-refractivity contribution in [2.75, 3.05) is 14.1 Å². The highest BCUT2D eigenvalue weighted by Crippen LogP contribution is 2.18. The van der Waals surface area contributed by atoms with E-state index in [-0.39, 0.29) is 15.5 Å². The second kappa shape index (κ2) is 7.94. The first-order chi connectivity index (χ1) is 12.1. The summed E-state index contributed by atoms with van der Waals surface area (Å²) in [6, 6.07) is 9.44. The summed E-state index contributed by atoms with van der Waals surface area (Å²) in [5.41, 5.74) is 3.31. The van der Waals surface area contributed by atoms with Crippen LogP contribution in [0.3, 0.4) is 0 Å². The summed E-state index contributed by atoms with van der Waals surface area (Å²) in [5, 5.41) is 4.10. The van der Waals surface area contributed by atoms with Gasteiger partial charge in [-0.2, -0.15) is 5.10 Å². The Morgan fingerprint density at radius 2 is 1.88 bits per heavy atom. The van der Waals surface area contributed by atoms with E-state index in [0.717, 1.165) is 10.4 Å². The molecule has 6 nitrogen and oxygen atoms in total. The molecule has 9 heteroatoms. The third-order valence-corrected chi connectivity index (χ3v) is 5.64. The molecule has 1 N–H and O–H groups in total. The Kier molecular flexibility index (Phi) is 6.12. The van der Waals surface area contributed by atoms with Crippen LogP contribution in [0.1, 0.15) is 22.8 Å². The van der Waals surface area contributed by atoms with Gasteiger partial charge in [-0.15, -0.1) is 0 Å². The van der Waals surface area contributed by atoms with Gasteiger partial charge in [0.2, 0.25) is 10.0 Å². The molecule has 138 valence electrons. The molecule has 2 aromatic rings. The molecular formula is C17H17ClFN3O3S. The van der Waals surface area contributed by atoms with Crippen molar-refractivity contribution in [1.29, 1.82) is 0 Å². The predicted molar refractivity (Wildman–Crippen MR) is 98.4 cm³/mol. The van der Waals surface area contributed by atoms with Gasteiger partial charge in [-0.05, 0) is 43.3 Å². The fourth-order valence-electron chi connectivity index (χ4n) is 2.05. The van der Waals surface area contributed by atoms with Gasteiger partial charge in [-0.1, -0.05) is 17.7 Å². The van der Waals surface area contributed by atoms with Crippen LogP contribution >= 0.6 is 11.6 Å².